The summed E-state index contributed by atoms with van der Waals surface area (Å²) >= 11 is 0. The molecule has 0 atom stereocenters. The van der Waals surface area contributed by atoms with E-state index in [4.69, 9.17) is 5.11 Å². The van der Waals surface area contributed by atoms with Crippen molar-refractivity contribution in [2.24, 2.45) is 0 Å². The number of aliphatic hydroxyl groups excluding tert-OH is 1. The number of hydrogen-bond donors (Lipinski definition) is 1. The van der Waals surface area contributed by atoms with Crippen molar-refractivity contribution in [1.29, 1.82) is 0 Å². The highest BCUT2D eigenvalue weighted by molar-refractivity contribution is 4.89. The van der Waals surface area contributed by atoms with Gasteiger partial charge in [-0.1, -0.05) is 24.6 Å². The van der Waals surface area contributed by atoms with Crippen molar-refractivity contribution in [1.82, 2.24) is 0 Å². The van der Waals surface area contributed by atoms with Crippen molar-refractivity contribution in [2.45, 2.75) is 38.5 Å². The van der Waals surface area contributed by atoms with Gasteiger partial charge in [0, 0.05) is 0 Å². The van der Waals surface area contributed by atoms with Crippen LogP contribution in [-0.2, 0) is 0 Å². The number of hydrogen-bond acceptors (Lipinski definition) is 1. The maximum atomic E-state index is 8.34. The molecule has 0 aliphatic carbocycles. The third kappa shape index (κ3) is 11.0. The molecule has 0 aromatic heterocycles. The van der Waals surface area contributed by atoms with E-state index in [2.05, 4.69) is 18.7 Å². The van der Waals surface area contributed by atoms with E-state index in [-0.39, 0.29) is 0 Å². The molecule has 0 heterocycles. The summed E-state index contributed by atoms with van der Waals surface area (Å²) in [6.07, 6.45) is 16.0. The number of aliphatic hydroxyl groups is 1. The monoisotopic (exact) mass is 180 g/mol. The highest BCUT2D eigenvalue weighted by Crippen LogP contribution is 2.04. The molecule has 0 aliphatic rings. The molecular weight excluding hydrogens is 160 g/mol. The maximum absolute atomic E-state index is 8.34. The van der Waals surface area contributed by atoms with E-state index in [0.717, 1.165) is 25.5 Å². The molecule has 0 radical (unpaired) electrons. The van der Waals surface area contributed by atoms with Crippen LogP contribution >= 0.6 is 0 Å². The Morgan fingerprint density at radius 2 is 1.69 bits per heavy atom. The lowest BCUT2D eigenvalue weighted by Crippen LogP contribution is -1.74. The molecule has 0 bridgehead atoms. The summed E-state index contributed by atoms with van der Waals surface area (Å²) in [5.41, 5.74) is 0. The fourth-order valence-corrected chi connectivity index (χ4v) is 1.08. The minimum Gasteiger partial charge on any atom is -0.516 e. The smallest absolute Gasteiger partial charge is 0.0754 e. The lowest BCUT2D eigenvalue weighted by atomic mass is 10.1. The summed E-state index contributed by atoms with van der Waals surface area (Å²) in [5, 5.41) is 8.34. The highest BCUT2D eigenvalue weighted by Gasteiger charge is 1.84. The SMILES string of the molecule is C=CCCCCCC=CCC=CO. The highest BCUT2D eigenvalue weighted by atomic mass is 16.2. The Morgan fingerprint density at radius 3 is 2.38 bits per heavy atom. The van der Waals surface area contributed by atoms with Gasteiger partial charge in [-0.25, -0.2) is 0 Å². The number of allylic oxidation sites excluding steroid dienone is 4. The van der Waals surface area contributed by atoms with Crippen LogP contribution in [0.3, 0.4) is 0 Å². The quantitative estimate of drug-likeness (QED) is 0.338. The van der Waals surface area contributed by atoms with Crippen LogP contribution in [0.1, 0.15) is 38.5 Å². The molecule has 0 spiro atoms. The predicted molar refractivity (Wildman–Crippen MR) is 58.8 cm³/mol. The molecule has 1 heteroatoms. The van der Waals surface area contributed by atoms with Crippen LogP contribution in [-0.4, -0.2) is 5.11 Å². The topological polar surface area (TPSA) is 20.2 Å². The lowest BCUT2D eigenvalue weighted by Gasteiger charge is -1.93. The second kappa shape index (κ2) is 11.0. The van der Waals surface area contributed by atoms with Gasteiger partial charge in [0.2, 0.25) is 0 Å². The molecule has 13 heavy (non-hydrogen) atoms. The summed E-state index contributed by atoms with van der Waals surface area (Å²) in [6.45, 7) is 3.68. The molecule has 0 aromatic rings. The summed E-state index contributed by atoms with van der Waals surface area (Å²) in [7, 11) is 0. The summed E-state index contributed by atoms with van der Waals surface area (Å²) in [6, 6.07) is 0. The van der Waals surface area contributed by atoms with E-state index in [0.29, 0.717) is 0 Å². The van der Waals surface area contributed by atoms with Crippen LogP contribution in [0.2, 0.25) is 0 Å². The van der Waals surface area contributed by atoms with Gasteiger partial charge < -0.3 is 5.11 Å². The maximum Gasteiger partial charge on any atom is 0.0754 e. The first-order valence-electron chi connectivity index (χ1n) is 4.97. The van der Waals surface area contributed by atoms with Crippen molar-refractivity contribution in [2.75, 3.05) is 0 Å². The van der Waals surface area contributed by atoms with E-state index >= 15 is 0 Å². The van der Waals surface area contributed by atoms with E-state index < -0.39 is 0 Å². The third-order valence-electron chi connectivity index (χ3n) is 1.82. The molecule has 74 valence electrons. The molecular formula is C12H20O. The summed E-state index contributed by atoms with van der Waals surface area (Å²) in [4.78, 5) is 0. The Balaban J connectivity index is 3.06. The van der Waals surface area contributed by atoms with Crippen molar-refractivity contribution in [3.63, 3.8) is 0 Å². The molecule has 0 rings (SSSR count). The van der Waals surface area contributed by atoms with Crippen LogP contribution in [0, 0.1) is 0 Å². The molecule has 1 nitrogen and oxygen atoms in total. The van der Waals surface area contributed by atoms with Crippen LogP contribution in [0.15, 0.2) is 37.1 Å². The zero-order valence-corrected chi connectivity index (χ0v) is 8.28. The van der Waals surface area contributed by atoms with Gasteiger partial charge in [0.15, 0.2) is 0 Å². The standard InChI is InChI=1S/C12H20O/c1-2-3-4-5-6-7-8-9-10-11-12-13/h2,8-9,11-13H,1,3-7,10H2. The van der Waals surface area contributed by atoms with Crippen LogP contribution in [0.5, 0.6) is 0 Å². The van der Waals surface area contributed by atoms with Gasteiger partial charge in [0.25, 0.3) is 0 Å². The van der Waals surface area contributed by atoms with Crippen LogP contribution in [0.25, 0.3) is 0 Å². The third-order valence-corrected chi connectivity index (χ3v) is 1.82. The lowest BCUT2D eigenvalue weighted by molar-refractivity contribution is 0.471. The Morgan fingerprint density at radius 1 is 0.923 bits per heavy atom. The first-order valence-corrected chi connectivity index (χ1v) is 4.97. The average Bonchev–Trinajstić information content (AvgIpc) is 2.16. The van der Waals surface area contributed by atoms with Crippen molar-refractivity contribution < 1.29 is 5.11 Å². The van der Waals surface area contributed by atoms with Gasteiger partial charge in [-0.05, 0) is 38.2 Å². The van der Waals surface area contributed by atoms with E-state index in [1.54, 1.807) is 6.08 Å². The average molecular weight is 180 g/mol. The van der Waals surface area contributed by atoms with Crippen LogP contribution < -0.4 is 0 Å². The molecule has 0 saturated carbocycles. The van der Waals surface area contributed by atoms with Crippen LogP contribution in [0.4, 0.5) is 0 Å². The normalized spacial score (nSPS) is 11.4. The van der Waals surface area contributed by atoms with Gasteiger partial charge in [-0.2, -0.15) is 0 Å². The van der Waals surface area contributed by atoms with Crippen molar-refractivity contribution in [3.8, 4) is 0 Å². The fraction of sp³-hybridized carbons (Fsp3) is 0.500. The first kappa shape index (κ1) is 12.0. The van der Waals surface area contributed by atoms with E-state index in [1.165, 1.54) is 19.3 Å². The van der Waals surface area contributed by atoms with E-state index in [9.17, 15) is 0 Å². The summed E-state index contributed by atoms with van der Waals surface area (Å²) in [5.74, 6) is 0. The Bertz CT molecular complexity index is 157. The zero-order chi connectivity index (χ0) is 9.78. The molecule has 1 N–H and O–H groups in total. The Labute approximate surface area is 81.5 Å². The molecule has 0 unspecified atom stereocenters. The second-order valence-corrected chi connectivity index (χ2v) is 3.02. The Hall–Kier alpha value is -0.980. The van der Waals surface area contributed by atoms with Crippen molar-refractivity contribution >= 4 is 0 Å². The molecule has 0 aromatic carbocycles. The number of rotatable bonds is 8. The van der Waals surface area contributed by atoms with Gasteiger partial charge in [0.05, 0.1) is 6.26 Å². The minimum absolute atomic E-state index is 0.836. The van der Waals surface area contributed by atoms with Crippen molar-refractivity contribution in [3.05, 3.63) is 37.1 Å². The van der Waals surface area contributed by atoms with Gasteiger partial charge in [-0.15, -0.1) is 6.58 Å². The molecule has 0 fully saturated rings. The predicted octanol–water partition coefficient (Wildman–Crippen LogP) is 4.14. The molecule has 0 saturated heterocycles. The largest absolute Gasteiger partial charge is 0.516 e. The second-order valence-electron chi connectivity index (χ2n) is 3.02. The van der Waals surface area contributed by atoms with Gasteiger partial charge in [-0.3, -0.25) is 0 Å². The molecule has 0 aliphatic heterocycles. The first-order chi connectivity index (χ1) is 6.41. The minimum atomic E-state index is 0.836. The molecule has 0 amide bonds. The van der Waals surface area contributed by atoms with Gasteiger partial charge >= 0.3 is 0 Å². The number of unbranched alkanes of at least 4 members (excludes halogenated alkanes) is 4. The van der Waals surface area contributed by atoms with Gasteiger partial charge in [0.1, 0.15) is 0 Å². The Kier molecular flexibility index (Phi) is 10.2. The zero-order valence-electron chi connectivity index (χ0n) is 8.28. The summed E-state index contributed by atoms with van der Waals surface area (Å²) < 4.78 is 0. The van der Waals surface area contributed by atoms with E-state index in [1.807, 2.05) is 6.08 Å². The fourth-order valence-electron chi connectivity index (χ4n) is 1.08.